The highest BCUT2D eigenvalue weighted by atomic mass is 16.5. The Hall–Kier alpha value is -5.67. The molecule has 0 saturated carbocycles. The number of hydrogen-bond acceptors (Lipinski definition) is 2. The number of methoxy groups -OCH3 is 1. The average Bonchev–Trinajstić information content (AvgIpc) is 3.08. The van der Waals surface area contributed by atoms with Crippen LogP contribution in [0.2, 0.25) is 0 Å². The monoisotopic (exact) mass is 557 g/mol. The molecule has 0 radical (unpaired) electrons. The molecule has 1 aliphatic heterocycles. The van der Waals surface area contributed by atoms with Gasteiger partial charge in [-0.15, -0.1) is 0 Å². The predicted octanol–water partition coefficient (Wildman–Crippen LogP) is 10.3. The topological polar surface area (TPSA) is 29.8 Å². The van der Waals surface area contributed by atoms with Gasteiger partial charge in [-0.1, -0.05) is 103 Å². The molecule has 0 saturated heterocycles. The molecule has 0 aliphatic carbocycles. The van der Waals surface area contributed by atoms with Crippen molar-refractivity contribution in [2.24, 2.45) is 0 Å². The molecule has 0 atom stereocenters. The van der Waals surface area contributed by atoms with Crippen molar-refractivity contribution < 1.29 is 13.9 Å². The van der Waals surface area contributed by atoms with Crippen LogP contribution in [0.5, 0.6) is 11.5 Å². The van der Waals surface area contributed by atoms with Crippen molar-refractivity contribution >= 4 is 40.0 Å². The molecule has 3 heteroatoms. The Morgan fingerprint density at radius 3 is 2.16 bits per heavy atom. The zero-order chi connectivity index (χ0) is 29.0. The van der Waals surface area contributed by atoms with Crippen molar-refractivity contribution in [3.05, 3.63) is 179 Å². The molecule has 1 aliphatic rings. The van der Waals surface area contributed by atoms with E-state index in [4.69, 9.17) is 13.9 Å². The fraction of sp³-hybridized carbons (Fsp3) is 0.0250. The Morgan fingerprint density at radius 1 is 0.698 bits per heavy atom. The standard InChI is InChI=1S/C40H29O3/c1-41-33-22-20-29(21-23-33)37(28-12-4-2-5-13-28)27-34-25-31(35-16-8-10-18-38(35)42-34)24-32-26-40(30-14-6-3-7-15-30)43-39-19-11-9-17-36(32)39/h2-27H,1H3/q+1. The fourth-order valence-electron chi connectivity index (χ4n) is 5.43. The second-order valence-corrected chi connectivity index (χ2v) is 10.3. The van der Waals surface area contributed by atoms with E-state index in [2.05, 4.69) is 85.0 Å². The second kappa shape index (κ2) is 11.7. The summed E-state index contributed by atoms with van der Waals surface area (Å²) in [5, 5.41) is 1.04. The van der Waals surface area contributed by atoms with E-state index in [1.165, 1.54) is 0 Å². The zero-order valence-corrected chi connectivity index (χ0v) is 23.7. The Labute approximate surface area is 251 Å². The third-order valence-electron chi connectivity index (χ3n) is 7.57. The predicted molar refractivity (Wildman–Crippen MR) is 176 cm³/mol. The van der Waals surface area contributed by atoms with Crippen LogP contribution in [0.1, 0.15) is 33.6 Å². The molecule has 0 amide bonds. The van der Waals surface area contributed by atoms with E-state index < -0.39 is 0 Å². The summed E-state index contributed by atoms with van der Waals surface area (Å²) in [6.45, 7) is 0. The van der Waals surface area contributed by atoms with Crippen LogP contribution >= 0.6 is 0 Å². The van der Waals surface area contributed by atoms with E-state index in [1.54, 1.807) is 7.11 Å². The van der Waals surface area contributed by atoms with Crippen LogP contribution in [0.25, 0.3) is 40.0 Å². The number of para-hydroxylation sites is 2. The first-order valence-corrected chi connectivity index (χ1v) is 14.3. The summed E-state index contributed by atoms with van der Waals surface area (Å²) in [6.07, 6.45) is 6.47. The van der Waals surface area contributed by atoms with Crippen molar-refractivity contribution in [1.29, 1.82) is 0 Å². The van der Waals surface area contributed by atoms with Crippen LogP contribution < -0.4 is 9.47 Å². The van der Waals surface area contributed by atoms with Crippen molar-refractivity contribution in [3.63, 3.8) is 0 Å². The van der Waals surface area contributed by atoms with Gasteiger partial charge in [0.15, 0.2) is 0 Å². The summed E-state index contributed by atoms with van der Waals surface area (Å²) in [4.78, 5) is 0. The van der Waals surface area contributed by atoms with E-state index in [-0.39, 0.29) is 0 Å². The van der Waals surface area contributed by atoms with E-state index in [0.717, 1.165) is 73.0 Å². The molecule has 1 aromatic heterocycles. The van der Waals surface area contributed by atoms with Crippen molar-refractivity contribution in [1.82, 2.24) is 0 Å². The van der Waals surface area contributed by atoms with Crippen molar-refractivity contribution in [2.75, 3.05) is 7.11 Å². The second-order valence-electron chi connectivity index (χ2n) is 10.3. The molecule has 0 unspecified atom stereocenters. The lowest BCUT2D eigenvalue weighted by Gasteiger charge is -2.20. The molecular weight excluding hydrogens is 528 g/mol. The lowest BCUT2D eigenvalue weighted by Crippen LogP contribution is -2.03. The summed E-state index contributed by atoms with van der Waals surface area (Å²) in [5.41, 5.74) is 8.27. The minimum atomic E-state index is 0.757. The third kappa shape index (κ3) is 5.49. The van der Waals surface area contributed by atoms with Crippen LogP contribution in [0.4, 0.5) is 0 Å². The quantitative estimate of drug-likeness (QED) is 0.191. The third-order valence-corrected chi connectivity index (χ3v) is 7.57. The molecule has 0 spiro atoms. The summed E-state index contributed by atoms with van der Waals surface area (Å²) in [5.74, 6) is 3.24. The molecule has 206 valence electrons. The maximum absolute atomic E-state index is 6.50. The van der Waals surface area contributed by atoms with E-state index in [1.807, 2.05) is 72.8 Å². The van der Waals surface area contributed by atoms with Gasteiger partial charge in [0.1, 0.15) is 17.3 Å². The Balaban J connectivity index is 1.41. The number of fused-ring (bicyclic) bond motifs is 2. The van der Waals surface area contributed by atoms with Crippen LogP contribution in [-0.2, 0) is 0 Å². The van der Waals surface area contributed by atoms with Gasteiger partial charge < -0.3 is 9.47 Å². The van der Waals surface area contributed by atoms with Gasteiger partial charge in [0.25, 0.3) is 0 Å². The molecule has 0 fully saturated rings. The lowest BCUT2D eigenvalue weighted by molar-refractivity contribution is 0.415. The molecule has 0 N–H and O–H groups in total. The fourth-order valence-corrected chi connectivity index (χ4v) is 5.43. The molecule has 43 heavy (non-hydrogen) atoms. The first-order chi connectivity index (χ1) is 21.2. The molecule has 5 aromatic carbocycles. The highest BCUT2D eigenvalue weighted by Crippen LogP contribution is 2.39. The summed E-state index contributed by atoms with van der Waals surface area (Å²) < 4.78 is 18.3. The maximum Gasteiger partial charge on any atom is 0.361 e. The Bertz CT molecular complexity index is 2000. The molecule has 6 aromatic rings. The Morgan fingerprint density at radius 2 is 1.37 bits per heavy atom. The van der Waals surface area contributed by atoms with Crippen LogP contribution in [0.15, 0.2) is 150 Å². The molecule has 3 nitrogen and oxygen atoms in total. The van der Waals surface area contributed by atoms with Gasteiger partial charge in [0, 0.05) is 22.8 Å². The number of rotatable bonds is 6. The van der Waals surface area contributed by atoms with Crippen LogP contribution in [0, 0.1) is 0 Å². The van der Waals surface area contributed by atoms with Gasteiger partial charge in [0.05, 0.1) is 24.6 Å². The number of hydrogen-bond donors (Lipinski definition) is 0. The van der Waals surface area contributed by atoms with E-state index >= 15 is 0 Å². The molecule has 7 rings (SSSR count). The highest BCUT2D eigenvalue weighted by Gasteiger charge is 2.21. The summed E-state index contributed by atoms with van der Waals surface area (Å²) in [7, 11) is 1.68. The average molecular weight is 558 g/mol. The van der Waals surface area contributed by atoms with E-state index in [0.29, 0.717) is 0 Å². The summed E-state index contributed by atoms with van der Waals surface area (Å²) in [6, 6.07) is 47.2. The van der Waals surface area contributed by atoms with Gasteiger partial charge in [-0.2, -0.15) is 0 Å². The SMILES string of the molecule is COc1ccc(C(=Cc2cc(C=C3C=C(c4ccccc4)Oc4ccccc43)c3ccccc3[o+]2)c2ccccc2)cc1. The zero-order valence-electron chi connectivity index (χ0n) is 23.7. The summed E-state index contributed by atoms with van der Waals surface area (Å²) >= 11 is 0. The smallest absolute Gasteiger partial charge is 0.361 e. The van der Waals surface area contributed by atoms with Gasteiger partial charge in [-0.25, -0.2) is 4.42 Å². The lowest BCUT2D eigenvalue weighted by atomic mass is 9.95. The largest absolute Gasteiger partial charge is 0.497 e. The molecule has 0 bridgehead atoms. The van der Waals surface area contributed by atoms with Crippen molar-refractivity contribution in [2.45, 2.75) is 0 Å². The minimum absolute atomic E-state index is 0.757. The Kier molecular flexibility index (Phi) is 7.12. The first-order valence-electron chi connectivity index (χ1n) is 14.3. The van der Waals surface area contributed by atoms with Gasteiger partial charge >= 0.3 is 11.3 Å². The number of allylic oxidation sites excluding steroid dienone is 2. The van der Waals surface area contributed by atoms with Gasteiger partial charge in [0.2, 0.25) is 0 Å². The van der Waals surface area contributed by atoms with E-state index in [9.17, 15) is 0 Å². The molecular formula is C40H29O3+. The number of ether oxygens (including phenoxy) is 2. The minimum Gasteiger partial charge on any atom is -0.497 e. The first kappa shape index (κ1) is 26.2. The van der Waals surface area contributed by atoms with Crippen LogP contribution in [0.3, 0.4) is 0 Å². The van der Waals surface area contributed by atoms with Gasteiger partial charge in [-0.05, 0) is 58.7 Å². The van der Waals surface area contributed by atoms with Crippen LogP contribution in [-0.4, -0.2) is 7.11 Å². The maximum atomic E-state index is 6.50. The van der Waals surface area contributed by atoms with Crippen molar-refractivity contribution in [3.8, 4) is 11.5 Å². The highest BCUT2D eigenvalue weighted by molar-refractivity contribution is 6.01. The molecule has 2 heterocycles. The normalized spacial score (nSPS) is 13.7. The van der Waals surface area contributed by atoms with Gasteiger partial charge in [-0.3, -0.25) is 0 Å². The number of benzene rings is 5.